The van der Waals surface area contributed by atoms with Gasteiger partial charge in [0.05, 0.1) is 11.2 Å². The van der Waals surface area contributed by atoms with Gasteiger partial charge in [0.1, 0.15) is 0 Å². The van der Waals surface area contributed by atoms with Crippen molar-refractivity contribution in [1.29, 1.82) is 0 Å². The van der Waals surface area contributed by atoms with E-state index >= 15 is 0 Å². The molecule has 3 amide bonds. The lowest BCUT2D eigenvalue weighted by molar-refractivity contribution is -0.122. The molecule has 2 fully saturated rings. The number of carbonyl (C=O) groups excluding carboxylic acids is 2. The van der Waals surface area contributed by atoms with E-state index in [0.717, 1.165) is 31.2 Å². The third kappa shape index (κ3) is 5.61. The lowest BCUT2D eigenvalue weighted by Crippen LogP contribution is -2.53. The fourth-order valence-electron chi connectivity index (χ4n) is 4.49. The Morgan fingerprint density at radius 1 is 1.10 bits per heavy atom. The molecule has 2 N–H and O–H groups in total. The lowest BCUT2D eigenvalue weighted by atomic mass is 9.79. The summed E-state index contributed by atoms with van der Waals surface area (Å²) < 4.78 is 6.20. The van der Waals surface area contributed by atoms with Crippen molar-refractivity contribution in [3.8, 4) is 0 Å². The van der Waals surface area contributed by atoms with Crippen LogP contribution in [0.4, 0.5) is 4.79 Å². The number of aromatic nitrogens is 1. The van der Waals surface area contributed by atoms with Crippen molar-refractivity contribution in [3.63, 3.8) is 0 Å². The molecule has 2 aliphatic rings. The van der Waals surface area contributed by atoms with Crippen LogP contribution in [0, 0.1) is 5.92 Å². The minimum Gasteiger partial charge on any atom is -0.375 e. The first kappa shape index (κ1) is 21.3. The van der Waals surface area contributed by atoms with Crippen LogP contribution in [0.15, 0.2) is 54.9 Å². The van der Waals surface area contributed by atoms with Crippen molar-refractivity contribution in [3.05, 3.63) is 66.0 Å². The molecule has 2 aromatic rings. The van der Waals surface area contributed by atoms with Crippen LogP contribution in [0.1, 0.15) is 41.6 Å². The second-order valence-electron chi connectivity index (χ2n) is 8.47. The van der Waals surface area contributed by atoms with E-state index in [-0.39, 0.29) is 17.5 Å². The van der Waals surface area contributed by atoms with Crippen molar-refractivity contribution >= 4 is 11.9 Å². The number of ether oxygens (including phenoxy) is 1. The molecule has 2 aliphatic heterocycles. The van der Waals surface area contributed by atoms with Gasteiger partial charge in [-0.3, -0.25) is 9.78 Å². The Morgan fingerprint density at radius 2 is 1.90 bits per heavy atom. The summed E-state index contributed by atoms with van der Waals surface area (Å²) in [7, 11) is 0. The van der Waals surface area contributed by atoms with Gasteiger partial charge < -0.3 is 20.3 Å². The first-order valence-corrected chi connectivity index (χ1v) is 11.0. The number of likely N-dealkylation sites (tertiary alicyclic amines) is 1. The number of nitrogens with one attached hydrogen (secondary N) is 2. The number of hydrogen-bond acceptors (Lipinski definition) is 4. The van der Waals surface area contributed by atoms with Crippen LogP contribution in [0.2, 0.25) is 0 Å². The van der Waals surface area contributed by atoms with E-state index < -0.39 is 0 Å². The number of nitrogens with zero attached hydrogens (tertiary/aromatic N) is 2. The maximum atomic E-state index is 12.5. The maximum Gasteiger partial charge on any atom is 0.317 e. The highest BCUT2D eigenvalue weighted by Gasteiger charge is 2.41. The predicted molar refractivity (Wildman–Crippen MR) is 117 cm³/mol. The van der Waals surface area contributed by atoms with Crippen molar-refractivity contribution in [1.82, 2.24) is 20.5 Å². The summed E-state index contributed by atoms with van der Waals surface area (Å²) in [5.74, 6) is 0.298. The molecule has 7 nitrogen and oxygen atoms in total. The van der Waals surface area contributed by atoms with Crippen molar-refractivity contribution in [2.24, 2.45) is 5.92 Å². The van der Waals surface area contributed by atoms with E-state index in [0.29, 0.717) is 44.3 Å². The Morgan fingerprint density at radius 3 is 2.65 bits per heavy atom. The van der Waals surface area contributed by atoms with Gasteiger partial charge in [-0.1, -0.05) is 30.3 Å². The molecule has 1 atom stereocenters. The Balaban J connectivity index is 1.23. The van der Waals surface area contributed by atoms with Gasteiger partial charge in [-0.15, -0.1) is 0 Å². The summed E-state index contributed by atoms with van der Waals surface area (Å²) >= 11 is 0. The zero-order chi connectivity index (χ0) is 21.5. The maximum absolute atomic E-state index is 12.5. The fourth-order valence-corrected chi connectivity index (χ4v) is 4.49. The molecule has 0 aliphatic carbocycles. The first-order valence-electron chi connectivity index (χ1n) is 11.0. The molecule has 164 valence electrons. The van der Waals surface area contributed by atoms with Gasteiger partial charge in [0.15, 0.2) is 0 Å². The largest absolute Gasteiger partial charge is 0.375 e. The van der Waals surface area contributed by atoms with Gasteiger partial charge in [-0.2, -0.15) is 0 Å². The van der Waals surface area contributed by atoms with Crippen LogP contribution in [-0.2, 0) is 11.3 Å². The van der Waals surface area contributed by atoms with Gasteiger partial charge in [-0.05, 0) is 49.3 Å². The van der Waals surface area contributed by atoms with Gasteiger partial charge in [0.2, 0.25) is 0 Å². The summed E-state index contributed by atoms with van der Waals surface area (Å²) in [6.45, 7) is 3.26. The third-order valence-corrected chi connectivity index (χ3v) is 6.32. The van der Waals surface area contributed by atoms with Crippen LogP contribution < -0.4 is 10.6 Å². The number of rotatable bonds is 5. The van der Waals surface area contributed by atoms with Crippen LogP contribution in [-0.4, -0.2) is 53.7 Å². The van der Waals surface area contributed by atoms with Crippen LogP contribution >= 0.6 is 0 Å². The summed E-state index contributed by atoms with van der Waals surface area (Å²) in [6.07, 6.45) is 6.76. The Labute approximate surface area is 183 Å². The molecule has 7 heteroatoms. The Hall–Kier alpha value is -2.93. The van der Waals surface area contributed by atoms with Crippen molar-refractivity contribution in [2.75, 3.05) is 26.2 Å². The Kier molecular flexibility index (Phi) is 6.82. The number of carbonyl (C=O) groups is 2. The number of pyridine rings is 1. The van der Waals surface area contributed by atoms with E-state index in [4.69, 9.17) is 4.74 Å². The second kappa shape index (κ2) is 9.92. The smallest absolute Gasteiger partial charge is 0.317 e. The summed E-state index contributed by atoms with van der Waals surface area (Å²) in [5.41, 5.74) is 1.49. The number of piperidine rings is 1. The molecule has 0 saturated carbocycles. The molecule has 4 rings (SSSR count). The Bertz CT molecular complexity index is 867. The summed E-state index contributed by atoms with van der Waals surface area (Å²) in [5, 5.41) is 6.05. The van der Waals surface area contributed by atoms with Gasteiger partial charge in [0, 0.05) is 45.2 Å². The minimum atomic E-state index is -0.182. The monoisotopic (exact) mass is 422 g/mol. The number of hydrogen-bond donors (Lipinski definition) is 2. The van der Waals surface area contributed by atoms with Gasteiger partial charge in [0.25, 0.3) is 5.91 Å². The minimum absolute atomic E-state index is 0.0187. The lowest BCUT2D eigenvalue weighted by Gasteiger charge is -2.46. The fraction of sp³-hybridized carbons (Fsp3) is 0.458. The molecule has 1 aromatic carbocycles. The summed E-state index contributed by atoms with van der Waals surface area (Å²) in [4.78, 5) is 30.7. The zero-order valence-electron chi connectivity index (χ0n) is 17.8. The molecule has 1 aromatic heterocycles. The molecule has 2 saturated heterocycles. The summed E-state index contributed by atoms with van der Waals surface area (Å²) in [6, 6.07) is 13.5. The van der Waals surface area contributed by atoms with E-state index in [9.17, 15) is 9.59 Å². The molecule has 0 bridgehead atoms. The van der Waals surface area contributed by atoms with Crippen LogP contribution in [0.25, 0.3) is 0 Å². The van der Waals surface area contributed by atoms with E-state index in [2.05, 4.69) is 15.6 Å². The molecule has 0 radical (unpaired) electrons. The quantitative estimate of drug-likeness (QED) is 0.776. The van der Waals surface area contributed by atoms with Crippen molar-refractivity contribution < 1.29 is 14.3 Å². The SMILES string of the molecule is O=C(NCC1CCOC2(CCN(C(=O)NCc3ccccc3)CC2)C1)c1cccnc1. The third-order valence-electron chi connectivity index (χ3n) is 6.32. The highest BCUT2D eigenvalue weighted by molar-refractivity contribution is 5.93. The molecule has 1 spiro atoms. The average Bonchev–Trinajstić information content (AvgIpc) is 2.83. The molecule has 1 unspecified atom stereocenters. The first-order chi connectivity index (χ1) is 15.1. The topological polar surface area (TPSA) is 83.6 Å². The zero-order valence-corrected chi connectivity index (χ0v) is 17.8. The highest BCUT2D eigenvalue weighted by Crippen LogP contribution is 2.37. The number of urea groups is 1. The number of amides is 3. The predicted octanol–water partition coefficient (Wildman–Crippen LogP) is 2.98. The van der Waals surface area contributed by atoms with E-state index in [1.54, 1.807) is 24.5 Å². The normalized spacial score (nSPS) is 20.3. The van der Waals surface area contributed by atoms with Crippen molar-refractivity contribution in [2.45, 2.75) is 37.8 Å². The molecular weight excluding hydrogens is 392 g/mol. The van der Waals surface area contributed by atoms with Crippen LogP contribution in [0.5, 0.6) is 0 Å². The second-order valence-corrected chi connectivity index (χ2v) is 8.47. The average molecular weight is 423 g/mol. The van der Waals surface area contributed by atoms with Gasteiger partial charge in [-0.25, -0.2) is 4.79 Å². The van der Waals surface area contributed by atoms with Gasteiger partial charge >= 0.3 is 6.03 Å². The molecule has 3 heterocycles. The standard InChI is InChI=1S/C24H30N4O3/c29-22(21-7-4-11-25-18-21)26-17-20-8-14-31-24(15-20)9-12-28(13-10-24)23(30)27-16-19-5-2-1-3-6-19/h1-7,11,18,20H,8-10,12-17H2,(H,26,29)(H,27,30). The van der Waals surface area contributed by atoms with E-state index in [1.165, 1.54) is 0 Å². The van der Waals surface area contributed by atoms with E-state index in [1.807, 2.05) is 35.2 Å². The van der Waals surface area contributed by atoms with Crippen LogP contribution in [0.3, 0.4) is 0 Å². The molecule has 31 heavy (non-hydrogen) atoms. The molecular formula is C24H30N4O3. The highest BCUT2D eigenvalue weighted by atomic mass is 16.5. The number of benzene rings is 1.